The smallest absolute Gasteiger partial charge is 0.263 e. The average Bonchev–Trinajstić information content (AvgIpc) is 2.57. The second-order valence-corrected chi connectivity index (χ2v) is 7.28. The number of sulfonamides is 1. The van der Waals surface area contributed by atoms with Gasteiger partial charge in [0.05, 0.1) is 11.4 Å². The van der Waals surface area contributed by atoms with Crippen LogP contribution in [0.3, 0.4) is 0 Å². The molecule has 1 aliphatic heterocycles. The van der Waals surface area contributed by atoms with E-state index in [2.05, 4.69) is 26.6 Å². The summed E-state index contributed by atoms with van der Waals surface area (Å²) >= 11 is 0. The third-order valence-corrected chi connectivity index (χ3v) is 5.29. The topological polar surface area (TPSA) is 65.5 Å². The number of aromatic nitrogens is 1. The largest absolute Gasteiger partial charge is 0.367 e. The molecule has 1 fully saturated rings. The lowest BCUT2D eigenvalue weighted by atomic mass is 10.2. The van der Waals surface area contributed by atoms with Crippen LogP contribution in [0.1, 0.15) is 0 Å². The second kappa shape index (κ2) is 6.55. The minimum atomic E-state index is -3.63. The number of nitrogens with zero attached hydrogens (tertiary/aromatic N) is 3. The first-order chi connectivity index (χ1) is 11.1. The Balaban J connectivity index is 1.86. The Kier molecular flexibility index (Phi) is 4.49. The van der Waals surface area contributed by atoms with Crippen LogP contribution in [-0.2, 0) is 10.0 Å². The van der Waals surface area contributed by atoms with Crippen molar-refractivity contribution < 1.29 is 8.42 Å². The van der Waals surface area contributed by atoms with E-state index in [1.807, 2.05) is 18.2 Å². The zero-order chi connectivity index (χ0) is 16.3. The van der Waals surface area contributed by atoms with Crippen molar-refractivity contribution in [2.24, 2.45) is 0 Å². The first kappa shape index (κ1) is 15.8. The summed E-state index contributed by atoms with van der Waals surface area (Å²) in [7, 11) is -1.54. The molecule has 0 spiro atoms. The molecule has 7 heteroatoms. The maximum Gasteiger partial charge on any atom is 0.263 e. The van der Waals surface area contributed by atoms with E-state index in [4.69, 9.17) is 0 Å². The quantitative estimate of drug-likeness (QED) is 0.922. The third-order valence-electron chi connectivity index (χ3n) is 3.94. The molecule has 6 nitrogen and oxygen atoms in total. The Bertz CT molecular complexity index is 757. The van der Waals surface area contributed by atoms with Gasteiger partial charge < -0.3 is 9.80 Å². The molecule has 2 heterocycles. The zero-order valence-corrected chi connectivity index (χ0v) is 13.8. The highest BCUT2D eigenvalue weighted by Crippen LogP contribution is 2.28. The van der Waals surface area contributed by atoms with E-state index in [0.29, 0.717) is 5.69 Å². The van der Waals surface area contributed by atoms with E-state index in [1.54, 1.807) is 18.3 Å². The minimum Gasteiger partial charge on any atom is -0.367 e. The van der Waals surface area contributed by atoms with Crippen molar-refractivity contribution >= 4 is 21.4 Å². The van der Waals surface area contributed by atoms with Gasteiger partial charge in [-0.3, -0.25) is 9.71 Å². The summed E-state index contributed by atoms with van der Waals surface area (Å²) in [6.07, 6.45) is 2.90. The van der Waals surface area contributed by atoms with Crippen molar-refractivity contribution in [3.63, 3.8) is 0 Å². The lowest BCUT2D eigenvalue weighted by molar-refractivity contribution is 0.313. The van der Waals surface area contributed by atoms with E-state index < -0.39 is 10.0 Å². The molecule has 1 N–H and O–H groups in total. The number of benzene rings is 1. The lowest BCUT2D eigenvalue weighted by Gasteiger charge is -2.35. The number of hydrogen-bond acceptors (Lipinski definition) is 5. The molecule has 0 atom stereocenters. The van der Waals surface area contributed by atoms with Crippen LogP contribution in [0.5, 0.6) is 0 Å². The van der Waals surface area contributed by atoms with Crippen molar-refractivity contribution in [1.82, 2.24) is 9.88 Å². The molecular formula is C16H20N4O2S. The van der Waals surface area contributed by atoms with Crippen LogP contribution >= 0.6 is 0 Å². The zero-order valence-electron chi connectivity index (χ0n) is 13.0. The number of para-hydroxylation sites is 2. The number of rotatable bonds is 4. The van der Waals surface area contributed by atoms with E-state index >= 15 is 0 Å². The Morgan fingerprint density at radius 1 is 1.04 bits per heavy atom. The molecule has 23 heavy (non-hydrogen) atoms. The highest BCUT2D eigenvalue weighted by atomic mass is 32.2. The van der Waals surface area contributed by atoms with Gasteiger partial charge in [0.1, 0.15) is 4.90 Å². The van der Waals surface area contributed by atoms with Gasteiger partial charge in [0.15, 0.2) is 0 Å². The second-order valence-electron chi connectivity index (χ2n) is 5.60. The summed E-state index contributed by atoms with van der Waals surface area (Å²) in [4.78, 5) is 8.51. The molecule has 3 rings (SSSR count). The van der Waals surface area contributed by atoms with E-state index in [1.165, 1.54) is 12.3 Å². The summed E-state index contributed by atoms with van der Waals surface area (Å²) in [5.41, 5.74) is 1.51. The van der Waals surface area contributed by atoms with Gasteiger partial charge in [-0.05, 0) is 31.3 Å². The van der Waals surface area contributed by atoms with Crippen molar-refractivity contribution in [2.45, 2.75) is 4.90 Å². The molecule has 0 radical (unpaired) electrons. The van der Waals surface area contributed by atoms with Gasteiger partial charge in [0.25, 0.3) is 10.0 Å². The fourth-order valence-corrected chi connectivity index (χ4v) is 3.63. The van der Waals surface area contributed by atoms with Gasteiger partial charge in [-0.25, -0.2) is 8.42 Å². The standard InChI is InChI=1S/C16H20N4O2S/c1-19-9-11-20(12-10-19)16-7-3-2-6-15(16)18-23(21,22)14-5-4-8-17-13-14/h2-8,13,18H,9-12H2,1H3. The van der Waals surface area contributed by atoms with Crippen LogP contribution in [0, 0.1) is 0 Å². The predicted molar refractivity (Wildman–Crippen MR) is 91.2 cm³/mol. The summed E-state index contributed by atoms with van der Waals surface area (Å²) in [5.74, 6) is 0. The maximum atomic E-state index is 12.5. The number of pyridine rings is 1. The molecular weight excluding hydrogens is 312 g/mol. The van der Waals surface area contributed by atoms with Crippen molar-refractivity contribution in [3.8, 4) is 0 Å². The van der Waals surface area contributed by atoms with Gasteiger partial charge in [-0.15, -0.1) is 0 Å². The first-order valence-corrected chi connectivity index (χ1v) is 9.00. The number of piperazine rings is 1. The molecule has 0 saturated carbocycles. The summed E-state index contributed by atoms with van der Waals surface area (Å²) in [6, 6.07) is 10.7. The molecule has 0 amide bonds. The van der Waals surface area contributed by atoms with Crippen molar-refractivity contribution in [1.29, 1.82) is 0 Å². The Labute approximate surface area is 136 Å². The Morgan fingerprint density at radius 2 is 1.78 bits per heavy atom. The van der Waals surface area contributed by atoms with Crippen LogP contribution in [0.25, 0.3) is 0 Å². The monoisotopic (exact) mass is 332 g/mol. The SMILES string of the molecule is CN1CCN(c2ccccc2NS(=O)(=O)c2cccnc2)CC1. The molecule has 1 aromatic heterocycles. The molecule has 122 valence electrons. The van der Waals surface area contributed by atoms with Crippen LogP contribution in [0.15, 0.2) is 53.7 Å². The fraction of sp³-hybridized carbons (Fsp3) is 0.312. The summed E-state index contributed by atoms with van der Waals surface area (Å²) in [5, 5.41) is 0. The molecule has 2 aromatic rings. The lowest BCUT2D eigenvalue weighted by Crippen LogP contribution is -2.44. The molecule has 1 aromatic carbocycles. The molecule has 0 aliphatic carbocycles. The number of nitrogens with one attached hydrogen (secondary N) is 1. The number of likely N-dealkylation sites (N-methyl/N-ethyl adjacent to an activating group) is 1. The van der Waals surface area contributed by atoms with Gasteiger partial charge in [-0.1, -0.05) is 12.1 Å². The van der Waals surface area contributed by atoms with Crippen molar-refractivity contribution in [3.05, 3.63) is 48.8 Å². The van der Waals surface area contributed by atoms with Crippen molar-refractivity contribution in [2.75, 3.05) is 42.8 Å². The maximum absolute atomic E-state index is 12.5. The van der Waals surface area contributed by atoms with E-state index in [0.717, 1.165) is 31.9 Å². The third kappa shape index (κ3) is 3.62. The highest BCUT2D eigenvalue weighted by molar-refractivity contribution is 7.92. The van der Waals surface area contributed by atoms with Gasteiger partial charge in [0.2, 0.25) is 0 Å². The predicted octanol–water partition coefficient (Wildman–Crippen LogP) is 1.63. The Hall–Kier alpha value is -2.12. The number of hydrogen-bond donors (Lipinski definition) is 1. The van der Waals surface area contributed by atoms with Crippen LogP contribution < -0.4 is 9.62 Å². The van der Waals surface area contributed by atoms with E-state index in [-0.39, 0.29) is 4.90 Å². The van der Waals surface area contributed by atoms with Crippen LogP contribution in [0.4, 0.5) is 11.4 Å². The van der Waals surface area contributed by atoms with Crippen LogP contribution in [-0.4, -0.2) is 51.5 Å². The highest BCUT2D eigenvalue weighted by Gasteiger charge is 2.20. The number of anilines is 2. The molecule has 0 bridgehead atoms. The van der Waals surface area contributed by atoms with Gasteiger partial charge in [0, 0.05) is 38.6 Å². The Morgan fingerprint density at radius 3 is 2.48 bits per heavy atom. The minimum absolute atomic E-state index is 0.160. The normalized spacial score (nSPS) is 16.3. The molecule has 1 aliphatic rings. The summed E-state index contributed by atoms with van der Waals surface area (Å²) in [6.45, 7) is 3.68. The summed E-state index contributed by atoms with van der Waals surface area (Å²) < 4.78 is 27.7. The van der Waals surface area contributed by atoms with Crippen LogP contribution in [0.2, 0.25) is 0 Å². The average molecular weight is 332 g/mol. The van der Waals surface area contributed by atoms with Gasteiger partial charge in [-0.2, -0.15) is 0 Å². The van der Waals surface area contributed by atoms with E-state index in [9.17, 15) is 8.42 Å². The van der Waals surface area contributed by atoms with Gasteiger partial charge >= 0.3 is 0 Å². The fourth-order valence-electron chi connectivity index (χ4n) is 2.59. The molecule has 1 saturated heterocycles. The first-order valence-electron chi connectivity index (χ1n) is 7.52. The molecule has 0 unspecified atom stereocenters.